The van der Waals surface area contributed by atoms with E-state index in [0.717, 1.165) is 0 Å². The van der Waals surface area contributed by atoms with Crippen LogP contribution in [0.3, 0.4) is 0 Å². The number of phenolic OH excluding ortho intramolecular Hbond substituents is 2. The van der Waals surface area contributed by atoms with Gasteiger partial charge < -0.3 is 14.9 Å². The summed E-state index contributed by atoms with van der Waals surface area (Å²) < 4.78 is 4.90. The summed E-state index contributed by atoms with van der Waals surface area (Å²) in [5, 5.41) is 19.5. The molecule has 1 heterocycles. The Balaban J connectivity index is 2.20. The van der Waals surface area contributed by atoms with Crippen molar-refractivity contribution in [1.29, 1.82) is 0 Å². The van der Waals surface area contributed by atoms with E-state index in [1.165, 1.54) is 23.9 Å². The quantitative estimate of drug-likeness (QED) is 0.812. The highest BCUT2D eigenvalue weighted by Gasteiger charge is 2.27. The molecule has 0 saturated carbocycles. The lowest BCUT2D eigenvalue weighted by Crippen LogP contribution is -2.21. The van der Waals surface area contributed by atoms with Crippen molar-refractivity contribution in [3.05, 3.63) is 23.8 Å². The van der Waals surface area contributed by atoms with E-state index in [0.29, 0.717) is 23.0 Å². The maximum Gasteiger partial charge on any atom is 0.331 e. The summed E-state index contributed by atoms with van der Waals surface area (Å²) in [6.45, 7) is 2.08. The zero-order chi connectivity index (χ0) is 13.1. The van der Waals surface area contributed by atoms with Gasteiger partial charge in [0.1, 0.15) is 16.5 Å². The summed E-state index contributed by atoms with van der Waals surface area (Å²) in [4.78, 5) is 15.7. The molecule has 18 heavy (non-hydrogen) atoms. The van der Waals surface area contributed by atoms with Crippen LogP contribution in [-0.2, 0) is 9.53 Å². The zero-order valence-electron chi connectivity index (χ0n) is 9.79. The van der Waals surface area contributed by atoms with Crippen molar-refractivity contribution in [2.75, 3.05) is 12.4 Å². The molecule has 0 amide bonds. The molecule has 0 radical (unpaired) electrons. The summed E-state index contributed by atoms with van der Waals surface area (Å²) in [5.74, 6) is 0.0971. The molecular formula is C12H13NO4S. The first-order chi connectivity index (χ1) is 8.61. The van der Waals surface area contributed by atoms with E-state index in [-0.39, 0.29) is 17.5 Å². The molecule has 0 fully saturated rings. The highest BCUT2D eigenvalue weighted by Crippen LogP contribution is 2.31. The van der Waals surface area contributed by atoms with Gasteiger partial charge in [-0.3, -0.25) is 4.99 Å². The van der Waals surface area contributed by atoms with Crippen LogP contribution < -0.4 is 0 Å². The predicted octanol–water partition coefficient (Wildman–Crippen LogP) is 1.52. The van der Waals surface area contributed by atoms with Gasteiger partial charge in [-0.25, -0.2) is 4.79 Å². The van der Waals surface area contributed by atoms with E-state index in [9.17, 15) is 15.0 Å². The van der Waals surface area contributed by atoms with Crippen molar-refractivity contribution in [2.45, 2.75) is 13.0 Å². The van der Waals surface area contributed by atoms with Gasteiger partial charge in [-0.1, -0.05) is 0 Å². The molecular weight excluding hydrogens is 254 g/mol. The standard InChI is InChI=1S/C12H13NO4S/c1-2-17-12(16)9-6-18-11(13-9)8-4-3-7(14)5-10(8)15/h3-5,9,14-15H,2,6H2,1H3/t9-/m1/s1. The van der Waals surface area contributed by atoms with Crippen LogP contribution in [0.25, 0.3) is 0 Å². The number of carbonyl (C=O) groups is 1. The molecule has 0 bridgehead atoms. The van der Waals surface area contributed by atoms with Crippen LogP contribution in [0.1, 0.15) is 12.5 Å². The van der Waals surface area contributed by atoms with Crippen LogP contribution in [0.15, 0.2) is 23.2 Å². The molecule has 1 aliphatic heterocycles. The van der Waals surface area contributed by atoms with Gasteiger partial charge in [-0.2, -0.15) is 0 Å². The number of ether oxygens (including phenoxy) is 1. The lowest BCUT2D eigenvalue weighted by Gasteiger charge is -2.04. The number of rotatable bonds is 3. The van der Waals surface area contributed by atoms with E-state index in [1.54, 1.807) is 13.0 Å². The number of esters is 1. The number of aliphatic imine (C=N–C) groups is 1. The Hall–Kier alpha value is -1.69. The maximum absolute atomic E-state index is 11.5. The van der Waals surface area contributed by atoms with Gasteiger partial charge in [0.2, 0.25) is 0 Å². The van der Waals surface area contributed by atoms with E-state index in [4.69, 9.17) is 4.74 Å². The fourth-order valence-corrected chi connectivity index (χ4v) is 2.64. The van der Waals surface area contributed by atoms with Gasteiger partial charge in [-0.05, 0) is 19.1 Å². The van der Waals surface area contributed by atoms with Crippen molar-refractivity contribution >= 4 is 22.8 Å². The van der Waals surface area contributed by atoms with Crippen molar-refractivity contribution < 1.29 is 19.7 Å². The summed E-state index contributed by atoms with van der Waals surface area (Å²) in [6, 6.07) is 3.77. The Labute approximate surface area is 108 Å². The zero-order valence-corrected chi connectivity index (χ0v) is 10.6. The van der Waals surface area contributed by atoms with Gasteiger partial charge >= 0.3 is 5.97 Å². The molecule has 96 valence electrons. The van der Waals surface area contributed by atoms with Gasteiger partial charge in [0.05, 0.1) is 6.61 Å². The van der Waals surface area contributed by atoms with E-state index >= 15 is 0 Å². The minimum Gasteiger partial charge on any atom is -0.508 e. The smallest absolute Gasteiger partial charge is 0.331 e. The van der Waals surface area contributed by atoms with Gasteiger partial charge in [0, 0.05) is 17.4 Å². The second-order valence-corrected chi connectivity index (χ2v) is 4.72. The lowest BCUT2D eigenvalue weighted by molar-refractivity contribution is -0.143. The number of hydrogen-bond donors (Lipinski definition) is 2. The van der Waals surface area contributed by atoms with Crippen LogP contribution in [-0.4, -0.2) is 39.6 Å². The molecule has 6 heteroatoms. The predicted molar refractivity (Wildman–Crippen MR) is 69.2 cm³/mol. The van der Waals surface area contributed by atoms with Gasteiger partial charge in [0.15, 0.2) is 6.04 Å². The lowest BCUT2D eigenvalue weighted by atomic mass is 10.2. The Kier molecular flexibility index (Phi) is 3.76. The van der Waals surface area contributed by atoms with Crippen LogP contribution in [0.5, 0.6) is 11.5 Å². The second kappa shape index (κ2) is 5.30. The van der Waals surface area contributed by atoms with Crippen LogP contribution in [0, 0.1) is 0 Å². The number of hydrogen-bond acceptors (Lipinski definition) is 6. The Bertz CT molecular complexity index is 501. The summed E-state index contributed by atoms with van der Waals surface area (Å²) >= 11 is 1.39. The minimum absolute atomic E-state index is 0.0122. The Morgan fingerprint density at radius 1 is 1.56 bits per heavy atom. The summed E-state index contributed by atoms with van der Waals surface area (Å²) in [6.07, 6.45) is 0. The second-order valence-electron chi connectivity index (χ2n) is 3.71. The van der Waals surface area contributed by atoms with Gasteiger partial charge in [-0.15, -0.1) is 11.8 Å². The highest BCUT2D eigenvalue weighted by atomic mass is 32.2. The third-order valence-electron chi connectivity index (χ3n) is 2.42. The van der Waals surface area contributed by atoms with Crippen LogP contribution >= 0.6 is 11.8 Å². The first kappa shape index (κ1) is 12.8. The largest absolute Gasteiger partial charge is 0.508 e. The number of carbonyl (C=O) groups excluding carboxylic acids is 1. The number of benzene rings is 1. The number of aromatic hydroxyl groups is 2. The molecule has 1 atom stereocenters. The van der Waals surface area contributed by atoms with Crippen molar-refractivity contribution in [3.8, 4) is 11.5 Å². The van der Waals surface area contributed by atoms with Crippen molar-refractivity contribution in [3.63, 3.8) is 0 Å². The molecule has 1 aliphatic rings. The Morgan fingerprint density at radius 2 is 2.33 bits per heavy atom. The molecule has 2 rings (SSSR count). The monoisotopic (exact) mass is 267 g/mol. The molecule has 1 aromatic rings. The molecule has 0 saturated heterocycles. The normalized spacial score (nSPS) is 18.5. The third-order valence-corrected chi connectivity index (χ3v) is 3.50. The summed E-state index contributed by atoms with van der Waals surface area (Å²) in [5.41, 5.74) is 0.518. The minimum atomic E-state index is -0.516. The fourth-order valence-electron chi connectivity index (χ4n) is 1.58. The first-order valence-electron chi connectivity index (χ1n) is 5.51. The molecule has 0 spiro atoms. The van der Waals surface area contributed by atoms with Crippen molar-refractivity contribution in [2.24, 2.45) is 4.99 Å². The topological polar surface area (TPSA) is 79.1 Å². The average molecular weight is 267 g/mol. The number of phenols is 2. The number of nitrogens with zero attached hydrogens (tertiary/aromatic N) is 1. The average Bonchev–Trinajstić information content (AvgIpc) is 2.78. The molecule has 5 nitrogen and oxygen atoms in total. The van der Waals surface area contributed by atoms with E-state index in [2.05, 4.69) is 4.99 Å². The molecule has 0 unspecified atom stereocenters. The first-order valence-corrected chi connectivity index (χ1v) is 6.50. The third kappa shape index (κ3) is 2.59. The van der Waals surface area contributed by atoms with Gasteiger partial charge in [0.25, 0.3) is 0 Å². The van der Waals surface area contributed by atoms with Crippen LogP contribution in [0.2, 0.25) is 0 Å². The van der Waals surface area contributed by atoms with Crippen molar-refractivity contribution in [1.82, 2.24) is 0 Å². The SMILES string of the molecule is CCOC(=O)[C@H]1CSC(c2ccc(O)cc2O)=N1. The van der Waals surface area contributed by atoms with Crippen LogP contribution in [0.4, 0.5) is 0 Å². The molecule has 2 N–H and O–H groups in total. The summed E-state index contributed by atoms with van der Waals surface area (Å²) in [7, 11) is 0. The maximum atomic E-state index is 11.5. The molecule has 0 aliphatic carbocycles. The fraction of sp³-hybridized carbons (Fsp3) is 0.333. The molecule has 1 aromatic carbocycles. The number of thioether (sulfide) groups is 1. The van der Waals surface area contributed by atoms with E-state index in [1.807, 2.05) is 0 Å². The highest BCUT2D eigenvalue weighted by molar-refractivity contribution is 8.14. The Morgan fingerprint density at radius 3 is 3.00 bits per heavy atom. The van der Waals surface area contributed by atoms with E-state index < -0.39 is 6.04 Å². The molecule has 0 aromatic heterocycles.